The Labute approximate surface area is 122 Å². The van der Waals surface area contributed by atoms with Crippen LogP contribution in [0.2, 0.25) is 0 Å². The van der Waals surface area contributed by atoms with Crippen molar-refractivity contribution in [1.82, 2.24) is 0 Å². The number of aryl methyl sites for hydroxylation is 2. The summed E-state index contributed by atoms with van der Waals surface area (Å²) in [4.78, 5) is 0. The molecule has 0 aliphatic rings. The molecule has 0 aliphatic heterocycles. The van der Waals surface area contributed by atoms with E-state index in [2.05, 4.69) is 41.9 Å². The highest BCUT2D eigenvalue weighted by Gasteiger charge is 2.12. The molecule has 0 aliphatic carbocycles. The number of halogens is 1. The number of hydrogen-bond acceptors (Lipinski definition) is 2. The second kappa shape index (κ2) is 6.22. The van der Waals surface area contributed by atoms with Crippen molar-refractivity contribution in [2.75, 3.05) is 6.54 Å². The van der Waals surface area contributed by atoms with Crippen molar-refractivity contribution in [3.63, 3.8) is 0 Å². The Kier molecular flexibility index (Phi) is 4.61. The Hall–Kier alpha value is -1.32. The summed E-state index contributed by atoms with van der Waals surface area (Å²) in [7, 11) is 0. The van der Waals surface area contributed by atoms with Crippen LogP contribution >= 0.6 is 15.9 Å². The molecule has 2 N–H and O–H groups in total. The average Bonchev–Trinajstić information content (AvgIpc) is 2.40. The lowest BCUT2D eigenvalue weighted by Gasteiger charge is -2.18. The van der Waals surface area contributed by atoms with E-state index in [9.17, 15) is 0 Å². The molecule has 0 saturated heterocycles. The van der Waals surface area contributed by atoms with Crippen LogP contribution in [0.1, 0.15) is 22.8 Å². The van der Waals surface area contributed by atoms with Gasteiger partial charge in [-0.2, -0.15) is 0 Å². The molecular weight excluding hydrogens is 302 g/mol. The minimum absolute atomic E-state index is 0.125. The van der Waals surface area contributed by atoms with Crippen molar-refractivity contribution >= 4 is 15.9 Å². The van der Waals surface area contributed by atoms with Crippen LogP contribution in [0, 0.1) is 13.8 Å². The molecule has 0 saturated carbocycles. The van der Waals surface area contributed by atoms with Crippen molar-refractivity contribution in [3.05, 3.63) is 63.6 Å². The predicted molar refractivity (Wildman–Crippen MR) is 82.5 cm³/mol. The standard InChI is InChI=1S/C16H18BrNO/c1-11-6-7-15(8-12(11)2)19-16(10-18)13-4-3-5-14(17)9-13/h3-9,16H,10,18H2,1-2H3. The van der Waals surface area contributed by atoms with Crippen LogP contribution in [0.5, 0.6) is 5.75 Å². The van der Waals surface area contributed by atoms with Crippen LogP contribution in [-0.4, -0.2) is 6.54 Å². The molecule has 0 spiro atoms. The molecule has 0 fully saturated rings. The van der Waals surface area contributed by atoms with Crippen LogP contribution in [0.25, 0.3) is 0 Å². The third-order valence-electron chi connectivity index (χ3n) is 3.19. The summed E-state index contributed by atoms with van der Waals surface area (Å²) >= 11 is 3.47. The Balaban J connectivity index is 2.21. The quantitative estimate of drug-likeness (QED) is 0.919. The first-order valence-corrected chi connectivity index (χ1v) is 7.09. The van der Waals surface area contributed by atoms with E-state index in [0.717, 1.165) is 15.8 Å². The van der Waals surface area contributed by atoms with Gasteiger partial charge in [-0.1, -0.05) is 34.1 Å². The second-order valence-corrected chi connectivity index (χ2v) is 5.56. The molecule has 1 unspecified atom stereocenters. The van der Waals surface area contributed by atoms with Gasteiger partial charge >= 0.3 is 0 Å². The van der Waals surface area contributed by atoms with Gasteiger partial charge in [0.25, 0.3) is 0 Å². The molecule has 3 heteroatoms. The van der Waals surface area contributed by atoms with Crippen LogP contribution in [-0.2, 0) is 0 Å². The molecule has 0 amide bonds. The molecule has 1 atom stereocenters. The van der Waals surface area contributed by atoms with E-state index >= 15 is 0 Å². The SMILES string of the molecule is Cc1ccc(OC(CN)c2cccc(Br)c2)cc1C. The zero-order chi connectivity index (χ0) is 13.8. The summed E-state index contributed by atoms with van der Waals surface area (Å²) in [6.07, 6.45) is -0.125. The van der Waals surface area contributed by atoms with Gasteiger partial charge in [0.2, 0.25) is 0 Å². The van der Waals surface area contributed by atoms with Gasteiger partial charge in [0.05, 0.1) is 0 Å². The van der Waals surface area contributed by atoms with E-state index in [1.807, 2.05) is 30.3 Å². The number of nitrogens with two attached hydrogens (primary N) is 1. The maximum Gasteiger partial charge on any atom is 0.136 e. The molecular formula is C16H18BrNO. The van der Waals surface area contributed by atoms with E-state index in [1.54, 1.807) is 0 Å². The highest BCUT2D eigenvalue weighted by atomic mass is 79.9. The smallest absolute Gasteiger partial charge is 0.136 e. The normalized spacial score (nSPS) is 12.2. The van der Waals surface area contributed by atoms with Gasteiger partial charge in [-0.3, -0.25) is 0 Å². The van der Waals surface area contributed by atoms with Gasteiger partial charge in [-0.15, -0.1) is 0 Å². The molecule has 2 aromatic carbocycles. The Morgan fingerprint density at radius 3 is 2.53 bits per heavy atom. The van der Waals surface area contributed by atoms with Crippen molar-refractivity contribution in [2.45, 2.75) is 20.0 Å². The first-order chi connectivity index (χ1) is 9.10. The number of rotatable bonds is 4. The topological polar surface area (TPSA) is 35.2 Å². The first kappa shape index (κ1) is 14.1. The molecule has 0 bridgehead atoms. The molecule has 0 aromatic heterocycles. The predicted octanol–water partition coefficient (Wildman–Crippen LogP) is 4.14. The summed E-state index contributed by atoms with van der Waals surface area (Å²) in [5.74, 6) is 0.860. The van der Waals surface area contributed by atoms with E-state index in [1.165, 1.54) is 11.1 Å². The van der Waals surface area contributed by atoms with Crippen LogP contribution < -0.4 is 10.5 Å². The van der Waals surface area contributed by atoms with Gasteiger partial charge in [0.15, 0.2) is 0 Å². The lowest BCUT2D eigenvalue weighted by Crippen LogP contribution is -2.18. The summed E-state index contributed by atoms with van der Waals surface area (Å²) in [6.45, 7) is 4.62. The van der Waals surface area contributed by atoms with Gasteiger partial charge < -0.3 is 10.5 Å². The largest absolute Gasteiger partial charge is 0.484 e. The molecule has 2 nitrogen and oxygen atoms in total. The zero-order valence-electron chi connectivity index (χ0n) is 11.2. The lowest BCUT2D eigenvalue weighted by molar-refractivity contribution is 0.214. The average molecular weight is 320 g/mol. The minimum atomic E-state index is -0.125. The fourth-order valence-electron chi connectivity index (χ4n) is 1.91. The maximum atomic E-state index is 5.99. The molecule has 100 valence electrons. The summed E-state index contributed by atoms with van der Waals surface area (Å²) in [5.41, 5.74) is 9.40. The van der Waals surface area contributed by atoms with Crippen molar-refractivity contribution in [1.29, 1.82) is 0 Å². The summed E-state index contributed by atoms with van der Waals surface area (Å²) in [6, 6.07) is 14.2. The number of ether oxygens (including phenoxy) is 1. The van der Waals surface area contributed by atoms with Gasteiger partial charge in [0.1, 0.15) is 11.9 Å². The molecule has 0 radical (unpaired) electrons. The Morgan fingerprint density at radius 2 is 1.89 bits per heavy atom. The molecule has 0 heterocycles. The summed E-state index contributed by atoms with van der Waals surface area (Å²) in [5, 5.41) is 0. The zero-order valence-corrected chi connectivity index (χ0v) is 12.8. The highest BCUT2D eigenvalue weighted by molar-refractivity contribution is 9.10. The third-order valence-corrected chi connectivity index (χ3v) is 3.68. The second-order valence-electron chi connectivity index (χ2n) is 4.64. The van der Waals surface area contributed by atoms with E-state index in [-0.39, 0.29) is 6.10 Å². The summed E-state index contributed by atoms with van der Waals surface area (Å²) < 4.78 is 7.03. The fourth-order valence-corrected chi connectivity index (χ4v) is 2.33. The van der Waals surface area contributed by atoms with Gasteiger partial charge in [-0.05, 0) is 54.8 Å². The van der Waals surface area contributed by atoms with E-state index < -0.39 is 0 Å². The monoisotopic (exact) mass is 319 g/mol. The molecule has 2 rings (SSSR count). The third kappa shape index (κ3) is 3.58. The Morgan fingerprint density at radius 1 is 1.11 bits per heavy atom. The van der Waals surface area contributed by atoms with Gasteiger partial charge in [0, 0.05) is 11.0 Å². The van der Waals surface area contributed by atoms with Crippen molar-refractivity contribution in [2.24, 2.45) is 5.73 Å². The number of hydrogen-bond donors (Lipinski definition) is 1. The Bertz CT molecular complexity index is 568. The van der Waals surface area contributed by atoms with E-state index in [0.29, 0.717) is 6.54 Å². The molecule has 2 aromatic rings. The van der Waals surface area contributed by atoms with Crippen LogP contribution in [0.3, 0.4) is 0 Å². The van der Waals surface area contributed by atoms with Gasteiger partial charge in [-0.25, -0.2) is 0 Å². The minimum Gasteiger partial charge on any atom is -0.484 e. The first-order valence-electron chi connectivity index (χ1n) is 6.29. The highest BCUT2D eigenvalue weighted by Crippen LogP contribution is 2.25. The van der Waals surface area contributed by atoms with E-state index in [4.69, 9.17) is 10.5 Å². The van der Waals surface area contributed by atoms with Crippen LogP contribution in [0.4, 0.5) is 0 Å². The number of benzene rings is 2. The van der Waals surface area contributed by atoms with Crippen LogP contribution in [0.15, 0.2) is 46.9 Å². The maximum absolute atomic E-state index is 5.99. The van der Waals surface area contributed by atoms with Crippen molar-refractivity contribution < 1.29 is 4.74 Å². The molecule has 19 heavy (non-hydrogen) atoms. The fraction of sp³-hybridized carbons (Fsp3) is 0.250. The lowest BCUT2D eigenvalue weighted by atomic mass is 10.1. The van der Waals surface area contributed by atoms with Crippen molar-refractivity contribution in [3.8, 4) is 5.75 Å².